The summed E-state index contributed by atoms with van der Waals surface area (Å²) in [7, 11) is 0. The Morgan fingerprint density at radius 2 is 1.88 bits per heavy atom. The highest BCUT2D eigenvalue weighted by molar-refractivity contribution is 7.98. The van der Waals surface area contributed by atoms with Crippen LogP contribution in [0.2, 0.25) is 0 Å². The van der Waals surface area contributed by atoms with Crippen molar-refractivity contribution in [2.45, 2.75) is 24.4 Å². The zero-order chi connectivity index (χ0) is 21.9. The van der Waals surface area contributed by atoms with E-state index in [4.69, 9.17) is 4.74 Å². The molecule has 0 atom stereocenters. The minimum absolute atomic E-state index is 0.113. The number of benzene rings is 2. The summed E-state index contributed by atoms with van der Waals surface area (Å²) in [6, 6.07) is 19.7. The minimum Gasteiger partial charge on any atom is -0.485 e. The van der Waals surface area contributed by atoms with Crippen LogP contribution in [0, 0.1) is 6.92 Å². The van der Waals surface area contributed by atoms with Crippen LogP contribution in [0.25, 0.3) is 15.9 Å². The predicted molar refractivity (Wildman–Crippen MR) is 127 cm³/mol. The number of thioether (sulfide) groups is 1. The largest absolute Gasteiger partial charge is 0.485 e. The summed E-state index contributed by atoms with van der Waals surface area (Å²) in [5.41, 5.74) is 2.61. The molecule has 0 saturated heterocycles. The summed E-state index contributed by atoms with van der Waals surface area (Å²) >= 11 is 2.86. The van der Waals surface area contributed by atoms with E-state index >= 15 is 0 Å². The number of aryl methyl sites for hydroxylation is 1. The second-order valence-electron chi connectivity index (χ2n) is 7.06. The van der Waals surface area contributed by atoms with Crippen molar-refractivity contribution in [3.63, 3.8) is 0 Å². The van der Waals surface area contributed by atoms with E-state index in [9.17, 15) is 4.79 Å². The lowest BCUT2D eigenvalue weighted by atomic mass is 10.2. The molecule has 0 spiro atoms. The molecule has 3 heterocycles. The molecule has 1 N–H and O–H groups in total. The summed E-state index contributed by atoms with van der Waals surface area (Å²) in [6.07, 6.45) is 0. The summed E-state index contributed by atoms with van der Waals surface area (Å²) in [4.78, 5) is 19.7. The van der Waals surface area contributed by atoms with Gasteiger partial charge in [-0.25, -0.2) is 4.98 Å². The molecule has 160 valence electrons. The van der Waals surface area contributed by atoms with Crippen molar-refractivity contribution < 1.29 is 4.74 Å². The monoisotopic (exact) mass is 461 g/mol. The molecular weight excluding hydrogens is 442 g/mol. The molecule has 9 heteroatoms. The zero-order valence-electron chi connectivity index (χ0n) is 17.2. The molecule has 5 aromatic rings. The maximum Gasteiger partial charge on any atom is 0.268 e. The second kappa shape index (κ2) is 8.97. The van der Waals surface area contributed by atoms with Gasteiger partial charge in [-0.3, -0.25) is 9.36 Å². The Labute approximate surface area is 192 Å². The van der Waals surface area contributed by atoms with Crippen LogP contribution in [0.5, 0.6) is 5.75 Å². The van der Waals surface area contributed by atoms with Crippen LogP contribution in [-0.2, 0) is 12.4 Å². The highest BCUT2D eigenvalue weighted by Crippen LogP contribution is 2.26. The normalized spacial score (nSPS) is 11.2. The number of nitrogens with zero attached hydrogens (tertiary/aromatic N) is 4. The molecule has 3 aromatic heterocycles. The predicted octanol–water partition coefficient (Wildman–Crippen LogP) is 4.75. The van der Waals surface area contributed by atoms with Crippen LogP contribution < -0.4 is 10.3 Å². The Morgan fingerprint density at radius 1 is 1.06 bits per heavy atom. The van der Waals surface area contributed by atoms with Crippen molar-refractivity contribution in [1.82, 2.24) is 24.7 Å². The lowest BCUT2D eigenvalue weighted by molar-refractivity contribution is 0.291. The summed E-state index contributed by atoms with van der Waals surface area (Å²) in [6.45, 7) is 2.29. The SMILES string of the molecule is Cc1ccccc1OCc1nnc(SCc2nc3ccsc3c(=O)[nH]2)n1-c1ccccc1. The Kier molecular flexibility index (Phi) is 5.74. The Balaban J connectivity index is 1.42. The van der Waals surface area contributed by atoms with Gasteiger partial charge in [0.2, 0.25) is 0 Å². The third-order valence-electron chi connectivity index (χ3n) is 4.87. The lowest BCUT2D eigenvalue weighted by Gasteiger charge is -2.12. The molecule has 0 fully saturated rings. The van der Waals surface area contributed by atoms with Crippen molar-refractivity contribution in [2.75, 3.05) is 0 Å². The van der Waals surface area contributed by atoms with Crippen molar-refractivity contribution >= 4 is 33.3 Å². The fourth-order valence-electron chi connectivity index (χ4n) is 3.31. The highest BCUT2D eigenvalue weighted by atomic mass is 32.2. The van der Waals surface area contributed by atoms with Crippen molar-refractivity contribution in [3.8, 4) is 11.4 Å². The number of hydrogen-bond acceptors (Lipinski definition) is 7. The number of thiophene rings is 1. The third-order valence-corrected chi connectivity index (χ3v) is 6.71. The summed E-state index contributed by atoms with van der Waals surface area (Å²) in [5.74, 6) is 2.57. The molecule has 0 unspecified atom stereocenters. The van der Waals surface area contributed by atoms with E-state index in [0.29, 0.717) is 32.8 Å². The highest BCUT2D eigenvalue weighted by Gasteiger charge is 2.16. The number of para-hydroxylation sites is 2. The van der Waals surface area contributed by atoms with Crippen molar-refractivity contribution in [1.29, 1.82) is 0 Å². The van der Waals surface area contributed by atoms with E-state index in [1.54, 1.807) is 0 Å². The topological polar surface area (TPSA) is 85.7 Å². The van der Waals surface area contributed by atoms with E-state index in [0.717, 1.165) is 17.0 Å². The van der Waals surface area contributed by atoms with Crippen LogP contribution in [0.15, 0.2) is 76.0 Å². The summed E-state index contributed by atoms with van der Waals surface area (Å²) in [5, 5.41) is 11.4. The smallest absolute Gasteiger partial charge is 0.268 e. The van der Waals surface area contributed by atoms with Gasteiger partial charge in [0.25, 0.3) is 5.56 Å². The molecule has 2 aromatic carbocycles. The van der Waals surface area contributed by atoms with Gasteiger partial charge in [-0.1, -0.05) is 48.2 Å². The van der Waals surface area contributed by atoms with Crippen LogP contribution in [0.3, 0.4) is 0 Å². The molecule has 0 saturated carbocycles. The van der Waals surface area contributed by atoms with Gasteiger partial charge in [0.15, 0.2) is 11.0 Å². The number of fused-ring (bicyclic) bond motifs is 1. The number of H-pyrrole nitrogens is 1. The number of ether oxygens (including phenoxy) is 1. The Hall–Kier alpha value is -3.43. The van der Waals surface area contributed by atoms with Gasteiger partial charge < -0.3 is 9.72 Å². The van der Waals surface area contributed by atoms with Gasteiger partial charge in [0, 0.05) is 5.69 Å². The van der Waals surface area contributed by atoms with Gasteiger partial charge in [-0.2, -0.15) is 0 Å². The van der Waals surface area contributed by atoms with Crippen molar-refractivity contribution in [3.05, 3.63) is 93.6 Å². The molecule has 7 nitrogen and oxygen atoms in total. The quantitative estimate of drug-likeness (QED) is 0.352. The average molecular weight is 462 g/mol. The van der Waals surface area contributed by atoms with E-state index in [2.05, 4.69) is 20.2 Å². The maximum atomic E-state index is 12.3. The fraction of sp³-hybridized carbons (Fsp3) is 0.130. The molecule has 0 aliphatic heterocycles. The maximum absolute atomic E-state index is 12.3. The van der Waals surface area contributed by atoms with E-state index in [1.807, 2.05) is 77.5 Å². The third kappa shape index (κ3) is 4.17. The Morgan fingerprint density at radius 3 is 2.72 bits per heavy atom. The van der Waals surface area contributed by atoms with E-state index in [-0.39, 0.29) is 12.2 Å². The first-order valence-electron chi connectivity index (χ1n) is 9.96. The zero-order valence-corrected chi connectivity index (χ0v) is 18.8. The first-order valence-corrected chi connectivity index (χ1v) is 11.8. The first-order chi connectivity index (χ1) is 15.7. The van der Waals surface area contributed by atoms with E-state index in [1.165, 1.54) is 23.1 Å². The number of aromatic amines is 1. The lowest BCUT2D eigenvalue weighted by Crippen LogP contribution is -2.10. The van der Waals surface area contributed by atoms with Crippen LogP contribution >= 0.6 is 23.1 Å². The molecule has 5 rings (SSSR count). The fourth-order valence-corrected chi connectivity index (χ4v) is 4.87. The van der Waals surface area contributed by atoms with E-state index < -0.39 is 0 Å². The molecular formula is C23H19N5O2S2. The number of nitrogens with one attached hydrogen (secondary N) is 1. The molecule has 0 radical (unpaired) electrons. The second-order valence-corrected chi connectivity index (χ2v) is 8.92. The molecule has 0 aliphatic rings. The summed E-state index contributed by atoms with van der Waals surface area (Å²) < 4.78 is 8.64. The standard InChI is InChI=1S/C23H19N5O2S2/c1-15-7-5-6-10-18(15)30-13-20-26-27-23(28(20)16-8-3-2-4-9-16)32-14-19-24-17-11-12-31-21(17)22(29)25-19/h2-12H,13-14H2,1H3,(H,24,25,29). The van der Waals surface area contributed by atoms with Gasteiger partial charge in [-0.05, 0) is 42.1 Å². The molecule has 32 heavy (non-hydrogen) atoms. The van der Waals surface area contributed by atoms with Crippen LogP contribution in [-0.4, -0.2) is 24.7 Å². The van der Waals surface area contributed by atoms with Gasteiger partial charge in [0.05, 0.1) is 11.3 Å². The number of aromatic nitrogens is 5. The van der Waals surface area contributed by atoms with Gasteiger partial charge in [-0.15, -0.1) is 21.5 Å². The average Bonchev–Trinajstić information content (AvgIpc) is 3.45. The molecule has 0 bridgehead atoms. The number of hydrogen-bond donors (Lipinski definition) is 1. The van der Waals surface area contributed by atoms with Gasteiger partial charge in [0.1, 0.15) is 22.9 Å². The van der Waals surface area contributed by atoms with Gasteiger partial charge >= 0.3 is 0 Å². The number of rotatable bonds is 7. The Bertz CT molecular complexity index is 1430. The van der Waals surface area contributed by atoms with Crippen molar-refractivity contribution in [2.24, 2.45) is 0 Å². The molecule has 0 aliphatic carbocycles. The minimum atomic E-state index is -0.113. The van der Waals surface area contributed by atoms with Crippen LogP contribution in [0.1, 0.15) is 17.2 Å². The first kappa shape index (κ1) is 20.5. The molecule has 0 amide bonds. The van der Waals surface area contributed by atoms with Crippen LogP contribution in [0.4, 0.5) is 0 Å².